The van der Waals surface area contributed by atoms with E-state index in [4.69, 9.17) is 4.42 Å². The van der Waals surface area contributed by atoms with Crippen molar-refractivity contribution in [3.63, 3.8) is 0 Å². The van der Waals surface area contributed by atoms with Crippen molar-refractivity contribution >= 4 is 23.6 Å². The molecule has 2 heterocycles. The number of carbonyl (C=O) groups is 2. The Hall–Kier alpha value is -1.57. The van der Waals surface area contributed by atoms with Gasteiger partial charge in [-0.15, -0.1) is 10.2 Å². The van der Waals surface area contributed by atoms with E-state index in [2.05, 4.69) is 10.2 Å². The summed E-state index contributed by atoms with van der Waals surface area (Å²) in [6.45, 7) is 5.78. The van der Waals surface area contributed by atoms with Crippen molar-refractivity contribution in [3.05, 3.63) is 5.89 Å². The van der Waals surface area contributed by atoms with Gasteiger partial charge in [0.1, 0.15) is 0 Å². The molecule has 0 bridgehead atoms. The molecule has 26 heavy (non-hydrogen) atoms. The molecule has 0 aromatic carbocycles. The van der Waals surface area contributed by atoms with Crippen LogP contribution in [0.2, 0.25) is 0 Å². The van der Waals surface area contributed by atoms with Crippen LogP contribution in [0.25, 0.3) is 0 Å². The summed E-state index contributed by atoms with van der Waals surface area (Å²) in [5, 5.41) is 8.20. The van der Waals surface area contributed by atoms with Crippen LogP contribution in [-0.4, -0.2) is 56.2 Å². The average molecular weight is 381 g/mol. The van der Waals surface area contributed by atoms with Gasteiger partial charge in [0.25, 0.3) is 5.22 Å². The van der Waals surface area contributed by atoms with E-state index in [0.717, 1.165) is 32.4 Å². The molecule has 1 aromatic rings. The molecule has 8 heteroatoms. The van der Waals surface area contributed by atoms with E-state index in [0.29, 0.717) is 30.1 Å². The zero-order valence-electron chi connectivity index (χ0n) is 15.6. The van der Waals surface area contributed by atoms with Gasteiger partial charge in [0.05, 0.1) is 11.8 Å². The van der Waals surface area contributed by atoms with Crippen LogP contribution in [-0.2, 0) is 16.1 Å². The third-order valence-electron chi connectivity index (χ3n) is 5.21. The van der Waals surface area contributed by atoms with E-state index < -0.39 is 0 Å². The minimum absolute atomic E-state index is 0.131. The van der Waals surface area contributed by atoms with Crippen LogP contribution >= 0.6 is 11.8 Å². The lowest BCUT2D eigenvalue weighted by Gasteiger charge is -2.34. The smallest absolute Gasteiger partial charge is 0.277 e. The minimum Gasteiger partial charge on any atom is -0.414 e. The molecule has 0 radical (unpaired) electrons. The number of aromatic nitrogens is 2. The molecule has 2 fully saturated rings. The molecule has 2 aliphatic rings. The predicted octanol–water partition coefficient (Wildman–Crippen LogP) is 2.85. The maximum Gasteiger partial charge on any atom is 0.277 e. The molecule has 1 aliphatic heterocycles. The maximum atomic E-state index is 12.9. The van der Waals surface area contributed by atoms with Crippen LogP contribution in [0.1, 0.15) is 64.7 Å². The van der Waals surface area contributed by atoms with Crippen molar-refractivity contribution in [2.24, 2.45) is 0 Å². The first-order valence-electron chi connectivity index (χ1n) is 9.65. The second-order valence-electron chi connectivity index (χ2n) is 7.06. The number of thioether (sulfide) groups is 1. The highest BCUT2D eigenvalue weighted by molar-refractivity contribution is 8.00. The van der Waals surface area contributed by atoms with E-state index in [9.17, 15) is 9.59 Å². The van der Waals surface area contributed by atoms with Gasteiger partial charge >= 0.3 is 0 Å². The Morgan fingerprint density at radius 3 is 2.73 bits per heavy atom. The fraction of sp³-hybridized carbons (Fsp3) is 0.778. The van der Waals surface area contributed by atoms with E-state index in [1.165, 1.54) is 31.0 Å². The Kier molecular flexibility index (Phi) is 6.56. The number of nitrogens with zero attached hydrogens (tertiary/aromatic N) is 4. The monoisotopic (exact) mass is 380 g/mol. The summed E-state index contributed by atoms with van der Waals surface area (Å²) in [5.41, 5.74) is 0. The standard InChI is InChI=1S/C18H28N4O3S/c1-3-22(14-8-5-4-6-9-14)17(24)13(2)26-18-20-19-15(25-18)12-21-11-7-10-16(21)23/h13-14H,3-12H2,1-2H3. The number of hydrogen-bond acceptors (Lipinski definition) is 6. The molecule has 1 aliphatic carbocycles. The molecule has 144 valence electrons. The summed E-state index contributed by atoms with van der Waals surface area (Å²) < 4.78 is 5.65. The molecule has 0 N–H and O–H groups in total. The van der Waals surface area contributed by atoms with Crippen molar-refractivity contribution in [1.82, 2.24) is 20.0 Å². The second-order valence-corrected chi connectivity index (χ2v) is 8.35. The zero-order valence-corrected chi connectivity index (χ0v) is 16.5. The van der Waals surface area contributed by atoms with E-state index in [-0.39, 0.29) is 17.1 Å². The Balaban J connectivity index is 1.55. The Labute approximate surface area is 158 Å². The normalized spacial score (nSPS) is 19.8. The summed E-state index contributed by atoms with van der Waals surface area (Å²) in [5.74, 6) is 0.702. The first-order chi connectivity index (χ1) is 12.6. The van der Waals surface area contributed by atoms with Crippen molar-refractivity contribution in [1.29, 1.82) is 0 Å². The van der Waals surface area contributed by atoms with Gasteiger partial charge in [0, 0.05) is 25.6 Å². The van der Waals surface area contributed by atoms with Crippen LogP contribution in [0.5, 0.6) is 0 Å². The summed E-state index contributed by atoms with van der Waals surface area (Å²) in [7, 11) is 0. The van der Waals surface area contributed by atoms with Gasteiger partial charge in [-0.25, -0.2) is 0 Å². The molecular formula is C18H28N4O3S. The van der Waals surface area contributed by atoms with Crippen molar-refractivity contribution in [3.8, 4) is 0 Å². The number of rotatable bonds is 7. The van der Waals surface area contributed by atoms with E-state index in [1.54, 1.807) is 4.90 Å². The molecule has 0 spiro atoms. The highest BCUT2D eigenvalue weighted by Gasteiger charge is 2.29. The average Bonchev–Trinajstić information content (AvgIpc) is 3.26. The third-order valence-corrected chi connectivity index (χ3v) is 6.13. The first kappa shape index (κ1) is 19.2. The summed E-state index contributed by atoms with van der Waals surface area (Å²) >= 11 is 1.30. The van der Waals surface area contributed by atoms with Gasteiger partial charge < -0.3 is 14.2 Å². The Bertz CT molecular complexity index is 630. The van der Waals surface area contributed by atoms with Crippen molar-refractivity contribution < 1.29 is 14.0 Å². The zero-order chi connectivity index (χ0) is 18.5. The molecule has 1 unspecified atom stereocenters. The molecule has 1 atom stereocenters. The summed E-state index contributed by atoms with van der Waals surface area (Å²) in [6, 6.07) is 0.365. The topological polar surface area (TPSA) is 79.5 Å². The van der Waals surface area contributed by atoms with Crippen LogP contribution in [0.3, 0.4) is 0 Å². The van der Waals surface area contributed by atoms with Gasteiger partial charge in [0.2, 0.25) is 17.7 Å². The number of amides is 2. The summed E-state index contributed by atoms with van der Waals surface area (Å²) in [4.78, 5) is 28.3. The van der Waals surface area contributed by atoms with Gasteiger partial charge in [-0.05, 0) is 33.1 Å². The summed E-state index contributed by atoms with van der Waals surface area (Å²) in [6.07, 6.45) is 7.37. The van der Waals surface area contributed by atoms with Crippen LogP contribution in [0.15, 0.2) is 9.64 Å². The lowest BCUT2D eigenvalue weighted by molar-refractivity contribution is -0.133. The number of hydrogen-bond donors (Lipinski definition) is 0. The van der Waals surface area contributed by atoms with E-state index in [1.807, 2.05) is 18.7 Å². The number of likely N-dealkylation sites (tertiary alicyclic amines) is 1. The SMILES string of the molecule is CCN(C(=O)C(C)Sc1nnc(CN2CCCC2=O)o1)C1CCCCC1. The van der Waals surface area contributed by atoms with Crippen LogP contribution in [0.4, 0.5) is 0 Å². The van der Waals surface area contributed by atoms with Crippen LogP contribution < -0.4 is 0 Å². The molecule has 3 rings (SSSR count). The first-order valence-corrected chi connectivity index (χ1v) is 10.5. The fourth-order valence-corrected chi connectivity index (χ4v) is 4.58. The minimum atomic E-state index is -0.265. The second kappa shape index (κ2) is 8.88. The van der Waals surface area contributed by atoms with Crippen molar-refractivity contribution in [2.75, 3.05) is 13.1 Å². The lowest BCUT2D eigenvalue weighted by atomic mass is 9.94. The maximum absolute atomic E-state index is 12.9. The molecule has 7 nitrogen and oxygen atoms in total. The molecule has 1 saturated heterocycles. The molecule has 1 aromatic heterocycles. The Morgan fingerprint density at radius 1 is 1.31 bits per heavy atom. The highest BCUT2D eigenvalue weighted by Crippen LogP contribution is 2.28. The van der Waals surface area contributed by atoms with E-state index >= 15 is 0 Å². The van der Waals surface area contributed by atoms with Gasteiger partial charge in [-0.3, -0.25) is 9.59 Å². The highest BCUT2D eigenvalue weighted by atomic mass is 32.2. The van der Waals surface area contributed by atoms with Gasteiger partial charge in [0.15, 0.2) is 0 Å². The Morgan fingerprint density at radius 2 is 2.08 bits per heavy atom. The third kappa shape index (κ3) is 4.58. The van der Waals surface area contributed by atoms with Gasteiger partial charge in [-0.1, -0.05) is 31.0 Å². The van der Waals surface area contributed by atoms with Gasteiger partial charge in [-0.2, -0.15) is 0 Å². The quantitative estimate of drug-likeness (QED) is 0.677. The number of carbonyl (C=O) groups excluding carboxylic acids is 2. The predicted molar refractivity (Wildman–Crippen MR) is 98.5 cm³/mol. The lowest BCUT2D eigenvalue weighted by Crippen LogP contribution is -2.44. The fourth-order valence-electron chi connectivity index (χ4n) is 3.81. The van der Waals surface area contributed by atoms with Crippen molar-refractivity contribution in [2.45, 2.75) is 81.9 Å². The largest absolute Gasteiger partial charge is 0.414 e. The molecular weight excluding hydrogens is 352 g/mol. The molecule has 1 saturated carbocycles. The molecule has 2 amide bonds. The van der Waals surface area contributed by atoms with Crippen LogP contribution in [0, 0.1) is 0 Å².